The summed E-state index contributed by atoms with van der Waals surface area (Å²) in [6.45, 7) is 6.43. The van der Waals surface area contributed by atoms with Crippen molar-refractivity contribution in [3.05, 3.63) is 35.4 Å². The number of ether oxygens (including phenoxy) is 1. The molecule has 0 saturated carbocycles. The minimum Gasteiger partial charge on any atom is -0.454 e. The van der Waals surface area contributed by atoms with Crippen LogP contribution in [-0.2, 0) is 21.6 Å². The molecule has 2 heteroatoms. The lowest BCUT2D eigenvalue weighted by Crippen LogP contribution is -2.20. The van der Waals surface area contributed by atoms with E-state index in [4.69, 9.17) is 4.74 Å². The van der Waals surface area contributed by atoms with E-state index in [0.29, 0.717) is 12.3 Å². The number of carbonyl (C=O) groups is 1. The highest BCUT2D eigenvalue weighted by Gasteiger charge is 2.37. The van der Waals surface area contributed by atoms with Crippen LogP contribution in [0.3, 0.4) is 0 Å². The summed E-state index contributed by atoms with van der Waals surface area (Å²) in [7, 11) is 0. The molecule has 1 aliphatic heterocycles. The molecule has 0 bridgehead atoms. The maximum atomic E-state index is 11.2. The molecule has 1 aromatic rings. The summed E-state index contributed by atoms with van der Waals surface area (Å²) in [6, 6.07) is 8.48. The third kappa shape index (κ3) is 2.68. The molecule has 2 nitrogen and oxygen atoms in total. The van der Waals surface area contributed by atoms with Crippen molar-refractivity contribution in [1.29, 1.82) is 0 Å². The second-order valence-electron chi connectivity index (χ2n) is 5.50. The molecule has 0 radical (unpaired) electrons. The second kappa shape index (κ2) is 4.52. The van der Waals surface area contributed by atoms with Crippen LogP contribution in [0.2, 0.25) is 0 Å². The van der Waals surface area contributed by atoms with Crippen LogP contribution in [-0.4, -0.2) is 5.97 Å². The molecular weight excluding hydrogens is 212 g/mol. The Morgan fingerprint density at radius 3 is 2.41 bits per heavy atom. The molecule has 2 rings (SSSR count). The normalized spacial score (nSPS) is 24.1. The summed E-state index contributed by atoms with van der Waals surface area (Å²) in [5, 5.41) is 0. The molecule has 0 amide bonds. The van der Waals surface area contributed by atoms with Crippen LogP contribution in [0.25, 0.3) is 0 Å². The van der Waals surface area contributed by atoms with Crippen LogP contribution in [0, 0.1) is 5.92 Å². The van der Waals surface area contributed by atoms with Crippen molar-refractivity contribution in [3.63, 3.8) is 0 Å². The topological polar surface area (TPSA) is 26.3 Å². The number of carbonyl (C=O) groups excluding carboxylic acids is 1. The molecule has 0 N–H and O–H groups in total. The summed E-state index contributed by atoms with van der Waals surface area (Å²) < 4.78 is 5.42. The number of rotatable bonds is 3. The average Bonchev–Trinajstić information content (AvgIpc) is 2.60. The molecule has 1 unspecified atom stereocenters. The monoisotopic (exact) mass is 232 g/mol. The van der Waals surface area contributed by atoms with Gasteiger partial charge in [-0.15, -0.1) is 0 Å². The highest BCUT2D eigenvalue weighted by molar-refractivity contribution is 5.72. The van der Waals surface area contributed by atoms with Crippen molar-refractivity contribution < 1.29 is 9.53 Å². The Labute approximate surface area is 103 Å². The van der Waals surface area contributed by atoms with Gasteiger partial charge in [-0.3, -0.25) is 4.79 Å². The molecule has 1 aliphatic rings. The molecule has 0 spiro atoms. The number of hydrogen-bond acceptors (Lipinski definition) is 2. The summed E-state index contributed by atoms with van der Waals surface area (Å²) >= 11 is 0. The molecule has 1 heterocycles. The Bertz CT molecular complexity index is 405. The number of hydrogen-bond donors (Lipinski definition) is 0. The number of benzene rings is 1. The Morgan fingerprint density at radius 1 is 1.29 bits per heavy atom. The fourth-order valence-corrected chi connectivity index (χ4v) is 2.36. The van der Waals surface area contributed by atoms with Gasteiger partial charge < -0.3 is 4.74 Å². The maximum Gasteiger partial charge on any atom is 0.306 e. The van der Waals surface area contributed by atoms with Gasteiger partial charge >= 0.3 is 5.97 Å². The fraction of sp³-hybridized carbons (Fsp3) is 0.533. The van der Waals surface area contributed by atoms with E-state index in [1.54, 1.807) is 0 Å². The Balaban J connectivity index is 2.15. The number of cyclic esters (lactones) is 1. The zero-order valence-electron chi connectivity index (χ0n) is 10.8. The van der Waals surface area contributed by atoms with Crippen LogP contribution in [0.5, 0.6) is 0 Å². The Hall–Kier alpha value is -1.31. The maximum absolute atomic E-state index is 11.2. The van der Waals surface area contributed by atoms with Crippen LogP contribution in [0.15, 0.2) is 24.3 Å². The minimum atomic E-state index is -0.409. The number of esters is 1. The van der Waals surface area contributed by atoms with Gasteiger partial charge in [0.15, 0.2) is 0 Å². The molecule has 0 aliphatic carbocycles. The van der Waals surface area contributed by atoms with E-state index >= 15 is 0 Å². The van der Waals surface area contributed by atoms with Crippen molar-refractivity contribution in [2.75, 3.05) is 0 Å². The van der Waals surface area contributed by atoms with Gasteiger partial charge in [-0.2, -0.15) is 0 Å². The molecule has 0 aromatic heterocycles. The van der Waals surface area contributed by atoms with E-state index in [9.17, 15) is 4.79 Å². The lowest BCUT2D eigenvalue weighted by molar-refractivity contribution is -0.147. The van der Waals surface area contributed by atoms with E-state index in [1.807, 2.05) is 6.92 Å². The zero-order chi connectivity index (χ0) is 12.5. The van der Waals surface area contributed by atoms with Crippen molar-refractivity contribution in [2.45, 2.75) is 45.6 Å². The highest BCUT2D eigenvalue weighted by atomic mass is 16.6. The molecular formula is C15H20O2. The molecule has 92 valence electrons. The third-order valence-corrected chi connectivity index (χ3v) is 3.35. The first-order chi connectivity index (χ1) is 7.99. The summed E-state index contributed by atoms with van der Waals surface area (Å²) in [4.78, 5) is 11.2. The lowest BCUT2D eigenvalue weighted by Gasteiger charge is -2.23. The largest absolute Gasteiger partial charge is 0.454 e. The Kier molecular flexibility index (Phi) is 3.23. The average molecular weight is 232 g/mol. The van der Waals surface area contributed by atoms with Crippen LogP contribution in [0.4, 0.5) is 0 Å². The predicted octanol–water partition coefficient (Wildman–Crippen LogP) is 3.44. The summed E-state index contributed by atoms with van der Waals surface area (Å²) in [5.41, 5.74) is 2.04. The standard InChI is InChI=1S/C15H20O2/c1-11(2)10-12-4-6-13(7-5-12)15(3)9-8-14(16)17-15/h4-7,11H,8-10H2,1-3H3. The van der Waals surface area contributed by atoms with Gasteiger partial charge in [0.25, 0.3) is 0 Å². The van der Waals surface area contributed by atoms with E-state index in [2.05, 4.69) is 38.1 Å². The van der Waals surface area contributed by atoms with Crippen molar-refractivity contribution >= 4 is 5.97 Å². The quantitative estimate of drug-likeness (QED) is 0.746. The van der Waals surface area contributed by atoms with Crippen LogP contribution >= 0.6 is 0 Å². The highest BCUT2D eigenvalue weighted by Crippen LogP contribution is 2.36. The zero-order valence-corrected chi connectivity index (χ0v) is 10.8. The van der Waals surface area contributed by atoms with Gasteiger partial charge in [-0.25, -0.2) is 0 Å². The molecule has 1 saturated heterocycles. The first kappa shape index (κ1) is 12.2. The molecule has 17 heavy (non-hydrogen) atoms. The Morgan fingerprint density at radius 2 is 1.94 bits per heavy atom. The van der Waals surface area contributed by atoms with Crippen molar-refractivity contribution in [3.8, 4) is 0 Å². The van der Waals surface area contributed by atoms with Gasteiger partial charge in [-0.05, 0) is 30.4 Å². The first-order valence-corrected chi connectivity index (χ1v) is 6.31. The van der Waals surface area contributed by atoms with Gasteiger partial charge in [0.1, 0.15) is 5.60 Å². The second-order valence-corrected chi connectivity index (χ2v) is 5.50. The lowest BCUT2D eigenvalue weighted by atomic mass is 9.91. The van der Waals surface area contributed by atoms with E-state index in [-0.39, 0.29) is 5.97 Å². The summed E-state index contributed by atoms with van der Waals surface area (Å²) in [5.74, 6) is 0.583. The molecule has 1 aromatic carbocycles. The first-order valence-electron chi connectivity index (χ1n) is 6.31. The van der Waals surface area contributed by atoms with Gasteiger partial charge in [0.05, 0.1) is 0 Å². The summed E-state index contributed by atoms with van der Waals surface area (Å²) in [6.07, 6.45) is 2.41. The van der Waals surface area contributed by atoms with Gasteiger partial charge in [0, 0.05) is 12.8 Å². The van der Waals surface area contributed by atoms with Gasteiger partial charge in [-0.1, -0.05) is 38.1 Å². The van der Waals surface area contributed by atoms with E-state index in [0.717, 1.165) is 18.4 Å². The van der Waals surface area contributed by atoms with Crippen LogP contribution < -0.4 is 0 Å². The molecule has 1 fully saturated rings. The minimum absolute atomic E-state index is 0.0845. The fourth-order valence-electron chi connectivity index (χ4n) is 2.36. The van der Waals surface area contributed by atoms with Crippen LogP contribution in [0.1, 0.15) is 44.7 Å². The van der Waals surface area contributed by atoms with Gasteiger partial charge in [0.2, 0.25) is 0 Å². The van der Waals surface area contributed by atoms with Crippen molar-refractivity contribution in [1.82, 2.24) is 0 Å². The van der Waals surface area contributed by atoms with E-state index in [1.165, 1.54) is 5.56 Å². The predicted molar refractivity (Wildman–Crippen MR) is 67.7 cm³/mol. The smallest absolute Gasteiger partial charge is 0.306 e. The molecule has 1 atom stereocenters. The van der Waals surface area contributed by atoms with E-state index < -0.39 is 5.60 Å². The third-order valence-electron chi connectivity index (χ3n) is 3.35. The van der Waals surface area contributed by atoms with Crippen molar-refractivity contribution in [2.24, 2.45) is 5.92 Å². The SMILES string of the molecule is CC(C)Cc1ccc(C2(C)CCC(=O)O2)cc1.